The van der Waals surface area contributed by atoms with E-state index in [0.717, 1.165) is 22.3 Å². The molecule has 47 heavy (non-hydrogen) atoms. The van der Waals surface area contributed by atoms with E-state index in [2.05, 4.69) is 46.4 Å². The molecule has 2 aliphatic rings. The molecule has 9 heteroatoms. The average Bonchev–Trinajstić information content (AvgIpc) is 3.75. The lowest BCUT2D eigenvalue weighted by molar-refractivity contribution is -0.204. The third-order valence-electron chi connectivity index (χ3n) is 8.80. The molecule has 0 unspecified atom stereocenters. The number of aromatic nitrogens is 4. The summed E-state index contributed by atoms with van der Waals surface area (Å²) in [6.45, 7) is 3.96. The van der Waals surface area contributed by atoms with Gasteiger partial charge < -0.3 is 18.9 Å². The lowest BCUT2D eigenvalue weighted by Gasteiger charge is -2.37. The Kier molecular flexibility index (Phi) is 7.33. The minimum absolute atomic E-state index is 0.0950. The third-order valence-corrected chi connectivity index (χ3v) is 9.07. The molecule has 2 aliphatic heterocycles. The normalized spacial score (nSPS) is 22.3. The van der Waals surface area contributed by atoms with Crippen LogP contribution < -0.4 is 0 Å². The van der Waals surface area contributed by atoms with Crippen LogP contribution in [-0.4, -0.2) is 50.2 Å². The van der Waals surface area contributed by atoms with E-state index in [9.17, 15) is 0 Å². The van der Waals surface area contributed by atoms with Crippen molar-refractivity contribution >= 4 is 22.8 Å². The van der Waals surface area contributed by atoms with Crippen molar-refractivity contribution in [3.8, 4) is 11.4 Å². The van der Waals surface area contributed by atoms with E-state index in [1.54, 1.807) is 0 Å². The number of imidazole rings is 1. The molecule has 6 aromatic rings. The highest BCUT2D eigenvalue weighted by atomic mass is 35.5. The molecule has 4 atom stereocenters. The molecule has 4 aromatic carbocycles. The maximum absolute atomic E-state index is 8.26. The first-order valence-electron chi connectivity index (χ1n) is 16.1. The van der Waals surface area contributed by atoms with Gasteiger partial charge in [-0.3, -0.25) is 4.57 Å². The second-order valence-electron chi connectivity index (χ2n) is 12.2. The van der Waals surface area contributed by atoms with E-state index in [-0.39, 0.29) is 18.1 Å². The number of hydrogen-bond acceptors (Lipinski definition) is 7. The minimum atomic E-state index is -0.951. The molecular formula is C38H33ClN4O4. The molecule has 0 saturated carbocycles. The maximum Gasteiger partial charge on any atom is 0.167 e. The van der Waals surface area contributed by atoms with E-state index < -0.39 is 35.9 Å². The average molecular weight is 646 g/mol. The molecule has 8 nitrogen and oxygen atoms in total. The Hall–Kier alpha value is -4.44. The van der Waals surface area contributed by atoms with Gasteiger partial charge in [0.25, 0.3) is 0 Å². The lowest BCUT2D eigenvalue weighted by Crippen LogP contribution is -2.39. The zero-order chi connectivity index (χ0) is 32.9. The summed E-state index contributed by atoms with van der Waals surface area (Å²) in [7, 11) is 0. The van der Waals surface area contributed by atoms with Crippen LogP contribution in [0.25, 0.3) is 22.6 Å². The van der Waals surface area contributed by atoms with Gasteiger partial charge in [-0.15, -0.1) is 0 Å². The van der Waals surface area contributed by atoms with Gasteiger partial charge in [0.15, 0.2) is 22.8 Å². The zero-order valence-electron chi connectivity index (χ0n) is 26.9. The summed E-state index contributed by atoms with van der Waals surface area (Å²) >= 11 is 6.54. The number of fused-ring (bicyclic) bond motifs is 2. The highest BCUT2D eigenvalue weighted by Crippen LogP contribution is 2.47. The predicted molar refractivity (Wildman–Crippen MR) is 179 cm³/mol. The van der Waals surface area contributed by atoms with Crippen molar-refractivity contribution in [2.24, 2.45) is 0 Å². The molecule has 0 N–H and O–H groups in total. The Balaban J connectivity index is 1.24. The van der Waals surface area contributed by atoms with Crippen molar-refractivity contribution in [1.82, 2.24) is 19.5 Å². The van der Waals surface area contributed by atoms with E-state index in [0.29, 0.717) is 17.0 Å². The number of rotatable bonds is 8. The highest BCUT2D eigenvalue weighted by molar-refractivity contribution is 6.33. The van der Waals surface area contributed by atoms with Gasteiger partial charge >= 0.3 is 0 Å². The molecule has 0 spiro atoms. The summed E-state index contributed by atoms with van der Waals surface area (Å²) in [5, 5.41) is 0.0950. The summed E-state index contributed by atoms with van der Waals surface area (Å²) in [5.41, 5.74) is 3.59. The second kappa shape index (κ2) is 12.0. The topological polar surface area (TPSA) is 80.5 Å². The maximum atomic E-state index is 8.26. The van der Waals surface area contributed by atoms with E-state index in [4.69, 9.17) is 36.9 Å². The second-order valence-corrected chi connectivity index (χ2v) is 12.5. The van der Waals surface area contributed by atoms with Crippen molar-refractivity contribution in [2.45, 2.75) is 49.8 Å². The van der Waals surface area contributed by atoms with Gasteiger partial charge in [-0.25, -0.2) is 15.0 Å². The molecule has 4 heterocycles. The van der Waals surface area contributed by atoms with Crippen molar-refractivity contribution in [3.05, 3.63) is 149 Å². The standard InChI is InChI=1S/C38H33ClN4O4/c1-37(2)46-31-29(23-44-38(26-17-9-4-10-18-26,27-19-11-5-12-20-27)28-21-13-6-14-22-28)45-36(32(31)47-37)43-34(25-15-7-3-8-16-25)42-30-33(39)40-24-41-35(30)43/h3-22,24,29,31-32,36H,23H2,1-2H3/t29-,31-,32-,36-/m1/s1/i24D. The van der Waals surface area contributed by atoms with Crippen LogP contribution in [0.5, 0.6) is 0 Å². The summed E-state index contributed by atoms with van der Waals surface area (Å²) in [6, 6.07) is 40.4. The summed E-state index contributed by atoms with van der Waals surface area (Å²) in [4.78, 5) is 13.4. The molecule has 2 fully saturated rings. The van der Waals surface area contributed by atoms with Gasteiger partial charge in [-0.1, -0.05) is 133 Å². The monoisotopic (exact) mass is 645 g/mol. The molecular weight excluding hydrogens is 612 g/mol. The number of hydrogen-bond donors (Lipinski definition) is 0. The molecule has 2 saturated heterocycles. The van der Waals surface area contributed by atoms with Gasteiger partial charge in [0.2, 0.25) is 0 Å². The highest BCUT2D eigenvalue weighted by Gasteiger charge is 2.57. The van der Waals surface area contributed by atoms with E-state index in [1.165, 1.54) is 0 Å². The molecule has 0 radical (unpaired) electrons. The van der Waals surface area contributed by atoms with Gasteiger partial charge in [0, 0.05) is 5.56 Å². The fraction of sp³-hybridized carbons (Fsp3) is 0.237. The van der Waals surface area contributed by atoms with Crippen LogP contribution in [-0.2, 0) is 24.5 Å². The van der Waals surface area contributed by atoms with Crippen molar-refractivity contribution in [2.75, 3.05) is 6.61 Å². The molecule has 0 bridgehead atoms. The third kappa shape index (κ3) is 5.23. The van der Waals surface area contributed by atoms with Gasteiger partial charge in [0.05, 0.1) is 6.61 Å². The Morgan fingerprint density at radius 2 is 1.32 bits per heavy atom. The van der Waals surface area contributed by atoms with Crippen LogP contribution in [0.15, 0.2) is 128 Å². The minimum Gasteiger partial charge on any atom is -0.358 e. The lowest BCUT2D eigenvalue weighted by atomic mass is 9.80. The smallest absolute Gasteiger partial charge is 0.167 e. The molecule has 8 rings (SSSR count). The van der Waals surface area contributed by atoms with Crippen molar-refractivity contribution in [3.63, 3.8) is 0 Å². The predicted octanol–water partition coefficient (Wildman–Crippen LogP) is 7.57. The fourth-order valence-electron chi connectivity index (χ4n) is 6.85. The summed E-state index contributed by atoms with van der Waals surface area (Å²) < 4.78 is 37.3. The zero-order valence-corrected chi connectivity index (χ0v) is 26.6. The summed E-state index contributed by atoms with van der Waals surface area (Å²) in [6.07, 6.45) is -2.53. The Morgan fingerprint density at radius 3 is 1.89 bits per heavy atom. The van der Waals surface area contributed by atoms with Crippen LogP contribution in [0.4, 0.5) is 0 Å². The Bertz CT molecular complexity index is 1950. The molecule has 0 amide bonds. The molecule has 2 aromatic heterocycles. The molecule has 0 aliphatic carbocycles. The van der Waals surface area contributed by atoms with Crippen molar-refractivity contribution < 1.29 is 20.3 Å². The largest absolute Gasteiger partial charge is 0.358 e. The van der Waals surface area contributed by atoms with E-state index >= 15 is 0 Å². The number of nitrogens with zero attached hydrogens (tertiary/aromatic N) is 4. The number of halogens is 1. The molecule has 236 valence electrons. The first-order chi connectivity index (χ1) is 23.3. The first-order valence-corrected chi connectivity index (χ1v) is 16.0. The van der Waals surface area contributed by atoms with E-state index in [1.807, 2.05) is 103 Å². The van der Waals surface area contributed by atoms with Gasteiger partial charge in [-0.2, -0.15) is 0 Å². The number of benzene rings is 4. The van der Waals surface area contributed by atoms with Crippen LogP contribution >= 0.6 is 11.6 Å². The number of ether oxygens (including phenoxy) is 4. The fourth-order valence-corrected chi connectivity index (χ4v) is 7.01. The first kappa shape index (κ1) is 28.8. The Morgan fingerprint density at radius 1 is 0.787 bits per heavy atom. The van der Waals surface area contributed by atoms with Crippen LogP contribution in [0.3, 0.4) is 0 Å². The van der Waals surface area contributed by atoms with Gasteiger partial charge in [0.1, 0.15) is 42.9 Å². The van der Waals surface area contributed by atoms with Gasteiger partial charge in [-0.05, 0) is 30.5 Å². The Labute approximate surface area is 279 Å². The van der Waals surface area contributed by atoms with Crippen LogP contribution in [0.1, 0.15) is 38.1 Å². The van der Waals surface area contributed by atoms with Crippen molar-refractivity contribution in [1.29, 1.82) is 0 Å². The summed E-state index contributed by atoms with van der Waals surface area (Å²) in [5.74, 6) is -0.320. The van der Waals surface area contributed by atoms with Crippen LogP contribution in [0, 0.1) is 0 Å². The quantitative estimate of drug-likeness (QED) is 0.125. The SMILES string of the molecule is [2H]c1nc(Cl)c2nc(-c3ccccc3)n([C@@H]3O[C@H](COC(c4ccccc4)(c4ccccc4)c4ccccc4)[C@H]4OC(C)(C)O[C@H]43)c2n1. The van der Waals surface area contributed by atoms with Crippen LogP contribution in [0.2, 0.25) is 5.15 Å².